The highest BCUT2D eigenvalue weighted by molar-refractivity contribution is 7.90. The molecule has 0 amide bonds. The number of sulfone groups is 1. The number of carbonyl (C=O) groups excluding carboxylic acids is 1. The Balaban J connectivity index is 2.66. The molecular formula is C15H14F3NO4S. The first-order valence-electron chi connectivity index (χ1n) is 6.83. The molecule has 0 saturated carbocycles. The topological polar surface area (TPSA) is 77.2 Å². The molecule has 0 fully saturated rings. The molecule has 0 aliphatic heterocycles. The zero-order valence-electron chi connectivity index (χ0n) is 13.0. The van der Waals surface area contributed by atoms with Gasteiger partial charge in [-0.15, -0.1) is 0 Å². The van der Waals surface area contributed by atoms with E-state index in [0.29, 0.717) is 12.1 Å². The second-order valence-electron chi connectivity index (χ2n) is 5.57. The number of carbonyl (C=O) groups is 1. The Hall–Kier alpha value is -2.16. The van der Waals surface area contributed by atoms with Gasteiger partial charge in [0, 0.05) is 17.7 Å². The van der Waals surface area contributed by atoms with Gasteiger partial charge >= 0.3 is 6.18 Å². The lowest BCUT2D eigenvalue weighted by Crippen LogP contribution is -2.13. The van der Waals surface area contributed by atoms with Gasteiger partial charge < -0.3 is 4.52 Å². The zero-order valence-corrected chi connectivity index (χ0v) is 13.8. The largest absolute Gasteiger partial charge is 0.416 e. The van der Waals surface area contributed by atoms with Crippen LogP contribution in [-0.4, -0.2) is 25.6 Å². The minimum atomic E-state index is -4.72. The number of nitrogens with zero attached hydrogens (tertiary/aromatic N) is 1. The summed E-state index contributed by atoms with van der Waals surface area (Å²) in [5.41, 5.74) is -1.47. The van der Waals surface area contributed by atoms with Crippen LogP contribution in [0.1, 0.15) is 47.0 Å². The summed E-state index contributed by atoms with van der Waals surface area (Å²) in [5.74, 6) is -0.726. The monoisotopic (exact) mass is 361 g/mol. The molecule has 0 saturated heterocycles. The van der Waals surface area contributed by atoms with E-state index >= 15 is 0 Å². The summed E-state index contributed by atoms with van der Waals surface area (Å²) in [4.78, 5) is 11.9. The second-order valence-corrected chi connectivity index (χ2v) is 7.55. The van der Waals surface area contributed by atoms with Crippen LogP contribution in [0.25, 0.3) is 0 Å². The van der Waals surface area contributed by atoms with Crippen molar-refractivity contribution in [1.82, 2.24) is 5.16 Å². The number of hydrogen-bond donors (Lipinski definition) is 0. The fourth-order valence-electron chi connectivity index (χ4n) is 2.17. The predicted molar refractivity (Wildman–Crippen MR) is 78.6 cm³/mol. The Kier molecular flexibility index (Phi) is 4.58. The van der Waals surface area contributed by atoms with Crippen molar-refractivity contribution < 1.29 is 30.9 Å². The van der Waals surface area contributed by atoms with Crippen molar-refractivity contribution >= 4 is 15.6 Å². The van der Waals surface area contributed by atoms with Crippen molar-refractivity contribution in [2.24, 2.45) is 0 Å². The molecule has 1 aromatic heterocycles. The van der Waals surface area contributed by atoms with Gasteiger partial charge in [0.05, 0.1) is 22.2 Å². The van der Waals surface area contributed by atoms with E-state index in [0.717, 1.165) is 18.5 Å². The van der Waals surface area contributed by atoms with Gasteiger partial charge in [-0.2, -0.15) is 13.2 Å². The van der Waals surface area contributed by atoms with Gasteiger partial charge in [-0.25, -0.2) is 8.42 Å². The third-order valence-corrected chi connectivity index (χ3v) is 4.46. The van der Waals surface area contributed by atoms with Crippen LogP contribution in [-0.2, 0) is 16.0 Å². The van der Waals surface area contributed by atoms with Gasteiger partial charge in [-0.05, 0) is 18.2 Å². The maximum Gasteiger partial charge on any atom is 0.416 e. The Morgan fingerprint density at radius 2 is 1.83 bits per heavy atom. The molecule has 0 N–H and O–H groups in total. The summed E-state index contributed by atoms with van der Waals surface area (Å²) in [7, 11) is -4.06. The number of benzene rings is 1. The minimum Gasteiger partial charge on any atom is -0.360 e. The van der Waals surface area contributed by atoms with E-state index in [4.69, 9.17) is 4.52 Å². The summed E-state index contributed by atoms with van der Waals surface area (Å²) in [5, 5.41) is 3.51. The zero-order chi connectivity index (χ0) is 18.3. The molecule has 0 atom stereocenters. The van der Waals surface area contributed by atoms with Crippen molar-refractivity contribution in [2.75, 3.05) is 6.26 Å². The van der Waals surface area contributed by atoms with Crippen LogP contribution in [0.5, 0.6) is 0 Å². The van der Waals surface area contributed by atoms with Crippen molar-refractivity contribution in [3.8, 4) is 0 Å². The molecule has 0 aliphatic rings. The van der Waals surface area contributed by atoms with E-state index in [-0.39, 0.29) is 22.8 Å². The van der Waals surface area contributed by atoms with Crippen LogP contribution in [0.15, 0.2) is 33.8 Å². The highest BCUT2D eigenvalue weighted by atomic mass is 32.2. The summed E-state index contributed by atoms with van der Waals surface area (Å²) >= 11 is 0. The first kappa shape index (κ1) is 18.2. The molecule has 1 aromatic carbocycles. The van der Waals surface area contributed by atoms with E-state index in [1.54, 1.807) is 13.8 Å². The summed E-state index contributed by atoms with van der Waals surface area (Å²) < 4.78 is 67.2. The number of halogens is 3. The average molecular weight is 361 g/mol. The van der Waals surface area contributed by atoms with Gasteiger partial charge in [-0.1, -0.05) is 19.0 Å². The standard InChI is InChI=1S/C15H14F3NO4S/c1-8(2)14-11(7-19-23-14)13(20)10-5-4-9(15(16,17)18)6-12(10)24(3,21)22/h4-8H,1-3H3. The van der Waals surface area contributed by atoms with Gasteiger partial charge in [0.15, 0.2) is 15.6 Å². The van der Waals surface area contributed by atoms with E-state index in [1.165, 1.54) is 0 Å². The smallest absolute Gasteiger partial charge is 0.360 e. The lowest BCUT2D eigenvalue weighted by Gasteiger charge is -2.12. The van der Waals surface area contributed by atoms with Crippen molar-refractivity contribution in [3.05, 3.63) is 46.8 Å². The van der Waals surface area contributed by atoms with E-state index in [1.807, 2.05) is 0 Å². The normalized spacial score (nSPS) is 12.6. The van der Waals surface area contributed by atoms with Crippen LogP contribution >= 0.6 is 0 Å². The highest BCUT2D eigenvalue weighted by Crippen LogP contribution is 2.33. The Bertz CT molecular complexity index is 882. The maximum atomic E-state index is 12.8. The SMILES string of the molecule is CC(C)c1oncc1C(=O)c1ccc(C(F)(F)F)cc1S(C)(=O)=O. The maximum absolute atomic E-state index is 12.8. The molecule has 130 valence electrons. The molecule has 0 radical (unpaired) electrons. The van der Waals surface area contributed by atoms with Gasteiger partial charge in [0.25, 0.3) is 0 Å². The molecule has 9 heteroatoms. The quantitative estimate of drug-likeness (QED) is 0.780. The van der Waals surface area contributed by atoms with Gasteiger partial charge in [-0.3, -0.25) is 4.79 Å². The predicted octanol–water partition coefficient (Wildman–Crippen LogP) is 3.45. The molecule has 5 nitrogen and oxygen atoms in total. The number of hydrogen-bond acceptors (Lipinski definition) is 5. The molecule has 24 heavy (non-hydrogen) atoms. The number of alkyl halides is 3. The lowest BCUT2D eigenvalue weighted by molar-refractivity contribution is -0.137. The molecular weight excluding hydrogens is 347 g/mol. The van der Waals surface area contributed by atoms with E-state index < -0.39 is 32.3 Å². The number of ketones is 1. The summed E-state index contributed by atoms with van der Waals surface area (Å²) in [6.07, 6.45) is -2.85. The fourth-order valence-corrected chi connectivity index (χ4v) is 3.07. The lowest BCUT2D eigenvalue weighted by atomic mass is 9.98. The number of aromatic nitrogens is 1. The summed E-state index contributed by atoms with van der Waals surface area (Å²) in [6, 6.07) is 1.99. The van der Waals surface area contributed by atoms with Gasteiger partial charge in [0.2, 0.25) is 0 Å². The Labute approximate surface area is 136 Å². The van der Waals surface area contributed by atoms with Crippen molar-refractivity contribution in [3.63, 3.8) is 0 Å². The van der Waals surface area contributed by atoms with Crippen molar-refractivity contribution in [1.29, 1.82) is 0 Å². The van der Waals surface area contributed by atoms with Crippen LogP contribution in [0.4, 0.5) is 13.2 Å². The van der Waals surface area contributed by atoms with E-state index in [2.05, 4.69) is 5.16 Å². The fraction of sp³-hybridized carbons (Fsp3) is 0.333. The second kappa shape index (κ2) is 6.04. The molecule has 2 rings (SSSR count). The molecule has 0 aliphatic carbocycles. The third kappa shape index (κ3) is 3.50. The molecule has 0 bridgehead atoms. The van der Waals surface area contributed by atoms with E-state index in [9.17, 15) is 26.4 Å². The number of rotatable bonds is 4. The molecule has 2 aromatic rings. The summed E-state index contributed by atoms with van der Waals surface area (Å²) in [6.45, 7) is 3.48. The van der Waals surface area contributed by atoms with Gasteiger partial charge in [0.1, 0.15) is 5.76 Å². The molecule has 0 spiro atoms. The first-order valence-corrected chi connectivity index (χ1v) is 8.72. The van der Waals surface area contributed by atoms with Crippen LogP contribution in [0.2, 0.25) is 0 Å². The Morgan fingerprint density at radius 3 is 2.33 bits per heavy atom. The van der Waals surface area contributed by atoms with Crippen molar-refractivity contribution in [2.45, 2.75) is 30.8 Å². The Morgan fingerprint density at radius 1 is 1.21 bits per heavy atom. The van der Waals surface area contributed by atoms with Crippen LogP contribution < -0.4 is 0 Å². The molecule has 0 unspecified atom stereocenters. The molecule has 1 heterocycles. The van der Waals surface area contributed by atoms with Crippen LogP contribution in [0, 0.1) is 0 Å². The third-order valence-electron chi connectivity index (χ3n) is 3.32. The van der Waals surface area contributed by atoms with Crippen LogP contribution in [0.3, 0.4) is 0 Å². The minimum absolute atomic E-state index is 0.0228. The highest BCUT2D eigenvalue weighted by Gasteiger charge is 2.33. The first-order chi connectivity index (χ1) is 10.9. The average Bonchev–Trinajstić information content (AvgIpc) is 2.93.